The minimum atomic E-state index is -0.388. The Bertz CT molecular complexity index is 1060. The van der Waals surface area contributed by atoms with Crippen LogP contribution in [0.15, 0.2) is 64.3 Å². The molecule has 0 bridgehead atoms. The van der Waals surface area contributed by atoms with Crippen LogP contribution < -0.4 is 15.5 Å². The first-order chi connectivity index (χ1) is 13.6. The van der Waals surface area contributed by atoms with E-state index in [9.17, 15) is 9.59 Å². The molecule has 0 atom stereocenters. The lowest BCUT2D eigenvalue weighted by Crippen LogP contribution is -2.25. The van der Waals surface area contributed by atoms with Crippen molar-refractivity contribution < 1.29 is 9.59 Å². The molecule has 1 aliphatic rings. The number of halogens is 1. The number of aliphatic imine (C=N–C) groups is 1. The average molecular weight is 411 g/mol. The molecule has 0 unspecified atom stereocenters. The Kier molecular flexibility index (Phi) is 5.10. The highest BCUT2D eigenvalue weighted by Crippen LogP contribution is 2.39. The normalized spacial score (nSPS) is 13.0. The highest BCUT2D eigenvalue weighted by Gasteiger charge is 2.23. The average Bonchev–Trinajstić information content (AvgIpc) is 3.06. The molecular weight excluding hydrogens is 396 g/mol. The van der Waals surface area contributed by atoms with Crippen molar-refractivity contribution in [1.82, 2.24) is 0 Å². The smallest absolute Gasteiger partial charge is 0.308 e. The van der Waals surface area contributed by atoms with Crippen LogP contribution >= 0.6 is 22.9 Å². The van der Waals surface area contributed by atoms with Crippen molar-refractivity contribution in [2.24, 2.45) is 4.99 Å². The number of hydrogen-bond acceptors (Lipinski definition) is 4. The Labute approximate surface area is 170 Å². The minimum Gasteiger partial charge on any atom is -0.308 e. The molecule has 3 aromatic rings. The fourth-order valence-corrected chi connectivity index (χ4v) is 3.69. The lowest BCUT2D eigenvalue weighted by atomic mass is 10.2. The standard InChI is InChI=1S/C20H15ClN4O2S/c21-13-4-6-14(7-5-13)23-20(27)24-15-2-1-3-16(10-15)25-18-12-28-11-17(18)22-9-8-19(25)26/h1-7,9-12H,8H2,(H2,23,24,27). The third-order valence-corrected chi connectivity index (χ3v) is 5.04. The van der Waals surface area contributed by atoms with Crippen LogP contribution in [-0.2, 0) is 4.79 Å². The fourth-order valence-electron chi connectivity index (χ4n) is 2.83. The molecule has 0 fully saturated rings. The minimum absolute atomic E-state index is 0.0799. The van der Waals surface area contributed by atoms with Gasteiger partial charge < -0.3 is 10.6 Å². The number of nitrogens with zero attached hydrogens (tertiary/aromatic N) is 2. The summed E-state index contributed by atoms with van der Waals surface area (Å²) < 4.78 is 0. The van der Waals surface area contributed by atoms with Crippen molar-refractivity contribution in [1.29, 1.82) is 0 Å². The van der Waals surface area contributed by atoms with Gasteiger partial charge in [0.25, 0.3) is 0 Å². The van der Waals surface area contributed by atoms with Gasteiger partial charge in [-0.15, -0.1) is 11.3 Å². The number of carbonyl (C=O) groups is 2. The number of rotatable bonds is 3. The van der Waals surface area contributed by atoms with Gasteiger partial charge in [-0.2, -0.15) is 0 Å². The summed E-state index contributed by atoms with van der Waals surface area (Å²) in [5.74, 6) is -0.0799. The van der Waals surface area contributed by atoms with Crippen LogP contribution in [0, 0.1) is 0 Å². The van der Waals surface area contributed by atoms with Gasteiger partial charge in [-0.05, 0) is 42.5 Å². The molecule has 0 radical (unpaired) electrons. The Balaban J connectivity index is 1.54. The van der Waals surface area contributed by atoms with Gasteiger partial charge in [0, 0.05) is 33.4 Å². The first-order valence-electron chi connectivity index (χ1n) is 8.45. The molecule has 0 saturated heterocycles. The highest BCUT2D eigenvalue weighted by atomic mass is 35.5. The molecule has 8 heteroatoms. The maximum absolute atomic E-state index is 12.6. The summed E-state index contributed by atoms with van der Waals surface area (Å²) in [7, 11) is 0. The van der Waals surface area contributed by atoms with E-state index in [1.807, 2.05) is 16.8 Å². The van der Waals surface area contributed by atoms with Crippen LogP contribution in [0.4, 0.5) is 33.2 Å². The molecule has 28 heavy (non-hydrogen) atoms. The third kappa shape index (κ3) is 3.90. The molecular formula is C20H15ClN4O2S. The zero-order valence-corrected chi connectivity index (χ0v) is 16.1. The first kappa shape index (κ1) is 18.2. The molecule has 1 aromatic heterocycles. The molecule has 3 amide bonds. The van der Waals surface area contributed by atoms with E-state index < -0.39 is 0 Å². The zero-order valence-electron chi connectivity index (χ0n) is 14.6. The predicted octanol–water partition coefficient (Wildman–Crippen LogP) is 5.82. The van der Waals surface area contributed by atoms with Crippen molar-refractivity contribution in [3.05, 3.63) is 64.3 Å². The SMILES string of the molecule is O=C(Nc1ccc(Cl)cc1)Nc1cccc(N2C(=O)CC=Nc3cscc32)c1. The molecule has 0 spiro atoms. The predicted molar refractivity (Wildman–Crippen MR) is 115 cm³/mol. The summed E-state index contributed by atoms with van der Waals surface area (Å²) in [6.07, 6.45) is 1.84. The largest absolute Gasteiger partial charge is 0.323 e. The maximum Gasteiger partial charge on any atom is 0.323 e. The molecule has 1 aliphatic heterocycles. The van der Waals surface area contributed by atoms with E-state index in [1.165, 1.54) is 11.3 Å². The van der Waals surface area contributed by atoms with Gasteiger partial charge in [0.2, 0.25) is 5.91 Å². The van der Waals surface area contributed by atoms with Gasteiger partial charge in [-0.1, -0.05) is 17.7 Å². The van der Waals surface area contributed by atoms with Gasteiger partial charge in [-0.3, -0.25) is 14.7 Å². The van der Waals surface area contributed by atoms with E-state index >= 15 is 0 Å². The van der Waals surface area contributed by atoms with E-state index in [1.54, 1.807) is 53.6 Å². The van der Waals surface area contributed by atoms with E-state index in [4.69, 9.17) is 11.6 Å². The molecule has 140 valence electrons. The number of amides is 3. The van der Waals surface area contributed by atoms with Gasteiger partial charge in [-0.25, -0.2) is 4.79 Å². The fraction of sp³-hybridized carbons (Fsp3) is 0.0500. The van der Waals surface area contributed by atoms with E-state index in [2.05, 4.69) is 15.6 Å². The van der Waals surface area contributed by atoms with E-state index in [0.29, 0.717) is 22.1 Å². The van der Waals surface area contributed by atoms with E-state index in [0.717, 1.165) is 11.4 Å². The van der Waals surface area contributed by atoms with Crippen molar-refractivity contribution >= 4 is 69.5 Å². The van der Waals surface area contributed by atoms with Crippen LogP contribution in [0.2, 0.25) is 5.02 Å². The quantitative estimate of drug-likeness (QED) is 0.571. The van der Waals surface area contributed by atoms with Crippen molar-refractivity contribution in [3.8, 4) is 0 Å². The van der Waals surface area contributed by atoms with Crippen molar-refractivity contribution in [2.45, 2.75) is 6.42 Å². The number of nitrogens with one attached hydrogen (secondary N) is 2. The molecule has 4 rings (SSSR count). The van der Waals surface area contributed by atoms with Crippen LogP contribution in [0.3, 0.4) is 0 Å². The second kappa shape index (κ2) is 7.84. The van der Waals surface area contributed by atoms with Gasteiger partial charge >= 0.3 is 6.03 Å². The highest BCUT2D eigenvalue weighted by molar-refractivity contribution is 7.09. The maximum atomic E-state index is 12.6. The number of hydrogen-bond donors (Lipinski definition) is 2. The Morgan fingerprint density at radius 2 is 1.86 bits per heavy atom. The molecule has 2 aromatic carbocycles. The number of carbonyl (C=O) groups excluding carboxylic acids is 2. The lowest BCUT2D eigenvalue weighted by molar-refractivity contribution is -0.116. The second-order valence-electron chi connectivity index (χ2n) is 6.02. The second-order valence-corrected chi connectivity index (χ2v) is 7.20. The third-order valence-electron chi connectivity index (χ3n) is 4.07. The lowest BCUT2D eigenvalue weighted by Gasteiger charge is -2.21. The summed E-state index contributed by atoms with van der Waals surface area (Å²) in [5, 5.41) is 9.91. The topological polar surface area (TPSA) is 73.8 Å². The van der Waals surface area contributed by atoms with Crippen LogP contribution in [0.1, 0.15) is 6.42 Å². The summed E-state index contributed by atoms with van der Waals surface area (Å²) >= 11 is 7.34. The molecule has 2 heterocycles. The first-order valence-corrected chi connectivity index (χ1v) is 9.77. The molecule has 6 nitrogen and oxygen atoms in total. The summed E-state index contributed by atoms with van der Waals surface area (Å²) in [6, 6.07) is 13.6. The number of anilines is 4. The van der Waals surface area contributed by atoms with Gasteiger partial charge in [0.15, 0.2) is 0 Å². The number of thiophene rings is 1. The number of urea groups is 1. The van der Waals surface area contributed by atoms with Crippen LogP contribution in [0.25, 0.3) is 0 Å². The molecule has 0 saturated carbocycles. The van der Waals surface area contributed by atoms with Crippen molar-refractivity contribution in [3.63, 3.8) is 0 Å². The monoisotopic (exact) mass is 410 g/mol. The van der Waals surface area contributed by atoms with Gasteiger partial charge in [0.05, 0.1) is 23.5 Å². The Morgan fingerprint density at radius 1 is 1.07 bits per heavy atom. The summed E-state index contributed by atoms with van der Waals surface area (Å²) in [5.41, 5.74) is 3.36. The van der Waals surface area contributed by atoms with Crippen molar-refractivity contribution in [2.75, 3.05) is 15.5 Å². The number of fused-ring (bicyclic) bond motifs is 1. The van der Waals surface area contributed by atoms with Crippen LogP contribution in [-0.4, -0.2) is 18.2 Å². The summed E-state index contributed by atoms with van der Waals surface area (Å²) in [4.78, 5) is 30.8. The number of benzene rings is 2. The Hall–Kier alpha value is -3.16. The summed E-state index contributed by atoms with van der Waals surface area (Å²) in [6.45, 7) is 0. The molecule has 2 N–H and O–H groups in total. The molecule has 0 aliphatic carbocycles. The van der Waals surface area contributed by atoms with Gasteiger partial charge in [0.1, 0.15) is 0 Å². The van der Waals surface area contributed by atoms with E-state index in [-0.39, 0.29) is 18.4 Å². The Morgan fingerprint density at radius 3 is 2.68 bits per heavy atom. The van der Waals surface area contributed by atoms with Crippen LogP contribution in [0.5, 0.6) is 0 Å². The zero-order chi connectivity index (χ0) is 19.5.